The number of hydrogen-bond acceptors (Lipinski definition) is 4. The number of nitrogens with one attached hydrogen (secondary N) is 2. The van der Waals surface area contributed by atoms with Gasteiger partial charge in [0.25, 0.3) is 5.91 Å². The Balaban J connectivity index is 1.51. The number of aromatic nitrogens is 2. The summed E-state index contributed by atoms with van der Waals surface area (Å²) >= 11 is 0. The van der Waals surface area contributed by atoms with Gasteiger partial charge in [-0.2, -0.15) is 10.2 Å². The molecule has 1 aromatic heterocycles. The lowest BCUT2D eigenvalue weighted by molar-refractivity contribution is 0.0950. The molecule has 0 aliphatic heterocycles. The zero-order valence-electron chi connectivity index (χ0n) is 16.2. The first kappa shape index (κ1) is 20.3. The number of carbonyl (C=O) groups is 1. The zero-order valence-corrected chi connectivity index (χ0v) is 16.2. The molecule has 29 heavy (non-hydrogen) atoms. The van der Waals surface area contributed by atoms with Crippen LogP contribution in [0.15, 0.2) is 59.7 Å². The molecular formula is C22H23FN4O2. The third-order valence-electron chi connectivity index (χ3n) is 4.24. The van der Waals surface area contributed by atoms with Gasteiger partial charge >= 0.3 is 0 Å². The van der Waals surface area contributed by atoms with Gasteiger partial charge in [0.15, 0.2) is 0 Å². The number of hydrogen-bond donors (Lipinski definition) is 2. The van der Waals surface area contributed by atoms with Crippen molar-refractivity contribution in [2.45, 2.75) is 26.2 Å². The van der Waals surface area contributed by atoms with Gasteiger partial charge in [0, 0.05) is 5.56 Å². The van der Waals surface area contributed by atoms with E-state index in [2.05, 4.69) is 27.6 Å². The Morgan fingerprint density at radius 1 is 1.17 bits per heavy atom. The maximum Gasteiger partial charge on any atom is 0.289 e. The van der Waals surface area contributed by atoms with Crippen molar-refractivity contribution in [1.29, 1.82) is 0 Å². The summed E-state index contributed by atoms with van der Waals surface area (Å²) in [4.78, 5) is 12.2. The molecule has 0 bridgehead atoms. The standard InChI is InChI=1S/C22H23FN4O2/c1-2-3-4-13-29-19-11-5-16(6-12-19)15-24-27-22(28)21-14-20(25-26-21)17-7-9-18(23)10-8-17/h5-12,14-15H,2-4,13H2,1H3,(H,25,26)(H,27,28). The summed E-state index contributed by atoms with van der Waals surface area (Å²) in [5.41, 5.74) is 4.81. The summed E-state index contributed by atoms with van der Waals surface area (Å²) in [6.45, 7) is 2.87. The van der Waals surface area contributed by atoms with E-state index in [0.717, 1.165) is 30.6 Å². The Kier molecular flexibility index (Phi) is 7.10. The summed E-state index contributed by atoms with van der Waals surface area (Å²) in [6.07, 6.45) is 4.92. The molecule has 0 aliphatic carbocycles. The molecule has 150 valence electrons. The highest BCUT2D eigenvalue weighted by molar-refractivity contribution is 5.94. The number of benzene rings is 2. The molecule has 0 radical (unpaired) electrons. The lowest BCUT2D eigenvalue weighted by Gasteiger charge is -2.05. The van der Waals surface area contributed by atoms with Crippen LogP contribution in [0.4, 0.5) is 4.39 Å². The first-order valence-electron chi connectivity index (χ1n) is 9.53. The molecule has 0 aliphatic rings. The van der Waals surface area contributed by atoms with Gasteiger partial charge in [0.1, 0.15) is 17.3 Å². The summed E-state index contributed by atoms with van der Waals surface area (Å²) in [7, 11) is 0. The number of aromatic amines is 1. The first-order chi connectivity index (χ1) is 14.2. The summed E-state index contributed by atoms with van der Waals surface area (Å²) in [5.74, 6) is 0.0683. The van der Waals surface area contributed by atoms with Gasteiger partial charge < -0.3 is 4.74 Å². The smallest absolute Gasteiger partial charge is 0.289 e. The third kappa shape index (κ3) is 6.00. The molecule has 2 N–H and O–H groups in total. The van der Waals surface area contributed by atoms with Gasteiger partial charge in [-0.25, -0.2) is 9.82 Å². The highest BCUT2D eigenvalue weighted by atomic mass is 19.1. The van der Waals surface area contributed by atoms with Crippen LogP contribution in [-0.2, 0) is 0 Å². The molecule has 0 saturated carbocycles. The van der Waals surface area contributed by atoms with Gasteiger partial charge in [0.05, 0.1) is 18.5 Å². The number of hydrazone groups is 1. The van der Waals surface area contributed by atoms with E-state index in [4.69, 9.17) is 4.74 Å². The van der Waals surface area contributed by atoms with Crippen LogP contribution in [0.25, 0.3) is 11.3 Å². The van der Waals surface area contributed by atoms with Crippen LogP contribution in [-0.4, -0.2) is 28.9 Å². The minimum absolute atomic E-state index is 0.261. The average Bonchev–Trinajstić information content (AvgIpc) is 3.23. The second-order valence-electron chi connectivity index (χ2n) is 6.50. The minimum atomic E-state index is -0.419. The van der Waals surface area contributed by atoms with Gasteiger partial charge in [-0.1, -0.05) is 19.8 Å². The second kappa shape index (κ2) is 10.2. The Hall–Kier alpha value is -3.48. The van der Waals surface area contributed by atoms with E-state index >= 15 is 0 Å². The SMILES string of the molecule is CCCCCOc1ccc(C=NNC(=O)c2cc(-c3ccc(F)cc3)n[nH]2)cc1. The predicted octanol–water partition coefficient (Wildman–Crippen LogP) is 4.55. The largest absolute Gasteiger partial charge is 0.494 e. The monoisotopic (exact) mass is 394 g/mol. The molecule has 0 saturated heterocycles. The van der Waals surface area contributed by atoms with E-state index < -0.39 is 5.91 Å². The zero-order chi connectivity index (χ0) is 20.5. The fraction of sp³-hybridized carbons (Fsp3) is 0.227. The van der Waals surface area contributed by atoms with Crippen LogP contribution in [0, 0.1) is 5.82 Å². The van der Waals surface area contributed by atoms with Gasteiger partial charge in [0.2, 0.25) is 0 Å². The van der Waals surface area contributed by atoms with Crippen LogP contribution < -0.4 is 10.2 Å². The molecule has 7 heteroatoms. The molecule has 0 fully saturated rings. The molecule has 2 aromatic carbocycles. The molecule has 0 spiro atoms. The Labute approximate surface area is 168 Å². The van der Waals surface area contributed by atoms with Crippen molar-refractivity contribution >= 4 is 12.1 Å². The number of carbonyl (C=O) groups excluding carboxylic acids is 1. The number of rotatable bonds is 9. The van der Waals surface area contributed by atoms with Crippen molar-refractivity contribution in [3.63, 3.8) is 0 Å². The lowest BCUT2D eigenvalue weighted by Crippen LogP contribution is -2.17. The lowest BCUT2D eigenvalue weighted by atomic mass is 10.1. The second-order valence-corrected chi connectivity index (χ2v) is 6.50. The number of nitrogens with zero attached hydrogens (tertiary/aromatic N) is 2. The molecule has 0 unspecified atom stereocenters. The topological polar surface area (TPSA) is 79.4 Å². The Morgan fingerprint density at radius 3 is 2.66 bits per heavy atom. The van der Waals surface area contributed by atoms with Crippen LogP contribution in [0.5, 0.6) is 5.75 Å². The van der Waals surface area contributed by atoms with E-state index in [1.165, 1.54) is 12.1 Å². The van der Waals surface area contributed by atoms with E-state index in [1.54, 1.807) is 24.4 Å². The summed E-state index contributed by atoms with van der Waals surface area (Å²) < 4.78 is 18.7. The quantitative estimate of drug-likeness (QED) is 0.317. The third-order valence-corrected chi connectivity index (χ3v) is 4.24. The van der Waals surface area contributed by atoms with Crippen molar-refractivity contribution in [2.24, 2.45) is 5.10 Å². The van der Waals surface area contributed by atoms with E-state index in [-0.39, 0.29) is 11.5 Å². The Bertz CT molecular complexity index is 950. The number of H-pyrrole nitrogens is 1. The molecule has 1 amide bonds. The molecule has 3 aromatic rings. The molecule has 6 nitrogen and oxygen atoms in total. The number of ether oxygens (including phenoxy) is 1. The maximum absolute atomic E-state index is 13.0. The molecular weight excluding hydrogens is 371 g/mol. The van der Waals surface area contributed by atoms with Crippen molar-refractivity contribution in [3.8, 4) is 17.0 Å². The summed E-state index contributed by atoms with van der Waals surface area (Å²) in [6, 6.07) is 15.0. The van der Waals surface area contributed by atoms with Crippen LogP contribution in [0.3, 0.4) is 0 Å². The van der Waals surface area contributed by atoms with Gasteiger partial charge in [-0.05, 0) is 66.6 Å². The van der Waals surface area contributed by atoms with Crippen molar-refractivity contribution in [2.75, 3.05) is 6.61 Å². The number of unbranched alkanes of at least 4 members (excludes halogenated alkanes) is 2. The predicted molar refractivity (Wildman–Crippen MR) is 111 cm³/mol. The Morgan fingerprint density at radius 2 is 1.93 bits per heavy atom. The fourth-order valence-electron chi connectivity index (χ4n) is 2.62. The van der Waals surface area contributed by atoms with Gasteiger partial charge in [-0.3, -0.25) is 9.89 Å². The first-order valence-corrected chi connectivity index (χ1v) is 9.53. The normalized spacial score (nSPS) is 11.0. The highest BCUT2D eigenvalue weighted by Gasteiger charge is 2.10. The molecule has 1 heterocycles. The van der Waals surface area contributed by atoms with Crippen LogP contribution in [0.2, 0.25) is 0 Å². The summed E-state index contributed by atoms with van der Waals surface area (Å²) in [5, 5.41) is 10.7. The van der Waals surface area contributed by atoms with E-state index in [1.807, 2.05) is 24.3 Å². The number of halogens is 1. The van der Waals surface area contributed by atoms with Gasteiger partial charge in [-0.15, -0.1) is 0 Å². The van der Waals surface area contributed by atoms with Crippen LogP contribution >= 0.6 is 0 Å². The van der Waals surface area contributed by atoms with E-state index in [9.17, 15) is 9.18 Å². The number of amides is 1. The highest BCUT2D eigenvalue weighted by Crippen LogP contribution is 2.18. The molecule has 3 rings (SSSR count). The fourth-order valence-corrected chi connectivity index (χ4v) is 2.62. The van der Waals surface area contributed by atoms with Crippen molar-refractivity contribution in [3.05, 3.63) is 71.7 Å². The molecule has 0 atom stereocenters. The maximum atomic E-state index is 13.0. The average molecular weight is 394 g/mol. The van der Waals surface area contributed by atoms with Crippen LogP contribution in [0.1, 0.15) is 42.2 Å². The van der Waals surface area contributed by atoms with E-state index in [0.29, 0.717) is 17.9 Å². The minimum Gasteiger partial charge on any atom is -0.494 e. The van der Waals surface area contributed by atoms with Crippen molar-refractivity contribution in [1.82, 2.24) is 15.6 Å². The van der Waals surface area contributed by atoms with Crippen molar-refractivity contribution < 1.29 is 13.9 Å².